The summed E-state index contributed by atoms with van der Waals surface area (Å²) in [7, 11) is 1.65. The Morgan fingerprint density at radius 1 is 1.26 bits per heavy atom. The summed E-state index contributed by atoms with van der Waals surface area (Å²) in [6, 6.07) is 5.75. The fourth-order valence-corrected chi connectivity index (χ4v) is 2.35. The second kappa shape index (κ2) is 7.06. The van der Waals surface area contributed by atoms with Crippen LogP contribution >= 0.6 is 0 Å². The first-order chi connectivity index (χ1) is 9.33. The zero-order valence-corrected chi connectivity index (χ0v) is 11.4. The van der Waals surface area contributed by atoms with Gasteiger partial charge < -0.3 is 15.2 Å². The van der Waals surface area contributed by atoms with E-state index in [0.29, 0.717) is 12.6 Å². The summed E-state index contributed by atoms with van der Waals surface area (Å²) in [6.07, 6.45) is 6.42. The Kier molecular flexibility index (Phi) is 5.11. The minimum atomic E-state index is 0.320. The third-order valence-electron chi connectivity index (χ3n) is 3.36. The maximum Gasteiger partial charge on any atom is 0.135 e. The SMILES string of the molecule is COc1ccc(OC2CCCCC2)c(C#CCN)c1. The average molecular weight is 259 g/mol. The molecule has 0 aliphatic heterocycles. The number of methoxy groups -OCH3 is 1. The van der Waals surface area contributed by atoms with Crippen molar-refractivity contribution in [3.05, 3.63) is 23.8 Å². The van der Waals surface area contributed by atoms with Gasteiger partial charge in [0.2, 0.25) is 0 Å². The number of hydrogen-bond donors (Lipinski definition) is 1. The highest BCUT2D eigenvalue weighted by molar-refractivity contribution is 5.50. The Bertz CT molecular complexity index is 467. The van der Waals surface area contributed by atoms with E-state index in [4.69, 9.17) is 15.2 Å². The van der Waals surface area contributed by atoms with Gasteiger partial charge in [-0.05, 0) is 43.9 Å². The number of nitrogens with two attached hydrogens (primary N) is 1. The number of ether oxygens (including phenoxy) is 2. The molecule has 1 aromatic rings. The topological polar surface area (TPSA) is 44.5 Å². The van der Waals surface area contributed by atoms with Gasteiger partial charge >= 0.3 is 0 Å². The molecular weight excluding hydrogens is 238 g/mol. The molecule has 2 N–H and O–H groups in total. The van der Waals surface area contributed by atoms with Gasteiger partial charge in [0.25, 0.3) is 0 Å². The standard InChI is InChI=1S/C16H21NO2/c1-18-15-9-10-16(13(12-15)6-5-11-17)19-14-7-3-2-4-8-14/h9-10,12,14H,2-4,7-8,11,17H2,1H3. The van der Waals surface area contributed by atoms with Crippen molar-refractivity contribution in [2.24, 2.45) is 5.73 Å². The van der Waals surface area contributed by atoms with Gasteiger partial charge in [0.1, 0.15) is 11.5 Å². The molecule has 0 amide bonds. The summed E-state index contributed by atoms with van der Waals surface area (Å²) >= 11 is 0. The number of hydrogen-bond acceptors (Lipinski definition) is 3. The normalized spacial score (nSPS) is 15.5. The van der Waals surface area contributed by atoms with Gasteiger partial charge in [-0.3, -0.25) is 0 Å². The molecule has 3 heteroatoms. The highest BCUT2D eigenvalue weighted by atomic mass is 16.5. The molecule has 2 rings (SSSR count). The van der Waals surface area contributed by atoms with Gasteiger partial charge in [-0.15, -0.1) is 0 Å². The second-order valence-electron chi connectivity index (χ2n) is 4.75. The molecule has 0 radical (unpaired) electrons. The predicted molar refractivity (Wildman–Crippen MR) is 76.4 cm³/mol. The number of rotatable bonds is 3. The van der Waals surface area contributed by atoms with Crippen LogP contribution < -0.4 is 15.2 Å². The molecule has 1 fully saturated rings. The molecular formula is C16H21NO2. The third-order valence-corrected chi connectivity index (χ3v) is 3.36. The van der Waals surface area contributed by atoms with Crippen LogP contribution in [0.5, 0.6) is 11.5 Å². The first kappa shape index (κ1) is 13.8. The molecule has 1 saturated carbocycles. The molecule has 0 spiro atoms. The lowest BCUT2D eigenvalue weighted by molar-refractivity contribution is 0.154. The summed E-state index contributed by atoms with van der Waals surface area (Å²) in [6.45, 7) is 0.347. The van der Waals surface area contributed by atoms with Gasteiger partial charge in [-0.2, -0.15) is 0 Å². The minimum Gasteiger partial charge on any atom is -0.497 e. The highest BCUT2D eigenvalue weighted by Gasteiger charge is 2.16. The van der Waals surface area contributed by atoms with Gasteiger partial charge in [0, 0.05) is 0 Å². The Hall–Kier alpha value is -1.66. The molecule has 0 aromatic heterocycles. The van der Waals surface area contributed by atoms with E-state index in [9.17, 15) is 0 Å². The molecule has 0 heterocycles. The van der Waals surface area contributed by atoms with Crippen LogP contribution in [-0.4, -0.2) is 19.8 Å². The van der Waals surface area contributed by atoms with E-state index in [2.05, 4.69) is 11.8 Å². The molecule has 1 aliphatic rings. The van der Waals surface area contributed by atoms with Crippen LogP contribution in [0.1, 0.15) is 37.7 Å². The molecule has 19 heavy (non-hydrogen) atoms. The summed E-state index contributed by atoms with van der Waals surface area (Å²) < 4.78 is 11.3. The third kappa shape index (κ3) is 3.90. The molecule has 0 saturated heterocycles. The Morgan fingerprint density at radius 3 is 2.74 bits per heavy atom. The maximum atomic E-state index is 6.08. The zero-order valence-electron chi connectivity index (χ0n) is 11.4. The van der Waals surface area contributed by atoms with Crippen LogP contribution in [-0.2, 0) is 0 Å². The van der Waals surface area contributed by atoms with Crippen LogP contribution in [0, 0.1) is 11.8 Å². The summed E-state index contributed by atoms with van der Waals surface area (Å²) in [4.78, 5) is 0. The molecule has 0 unspecified atom stereocenters. The smallest absolute Gasteiger partial charge is 0.135 e. The van der Waals surface area contributed by atoms with Crippen molar-refractivity contribution in [1.29, 1.82) is 0 Å². The van der Waals surface area contributed by atoms with E-state index < -0.39 is 0 Å². The fourth-order valence-electron chi connectivity index (χ4n) is 2.35. The van der Waals surface area contributed by atoms with E-state index in [1.165, 1.54) is 19.3 Å². The first-order valence-corrected chi connectivity index (χ1v) is 6.87. The molecule has 3 nitrogen and oxygen atoms in total. The van der Waals surface area contributed by atoms with Crippen LogP contribution in [0.15, 0.2) is 18.2 Å². The lowest BCUT2D eigenvalue weighted by Gasteiger charge is -2.23. The predicted octanol–water partition coefficient (Wildman–Crippen LogP) is 2.72. The lowest BCUT2D eigenvalue weighted by atomic mass is 9.97. The van der Waals surface area contributed by atoms with E-state index in [1.807, 2.05) is 18.2 Å². The largest absolute Gasteiger partial charge is 0.497 e. The van der Waals surface area contributed by atoms with Crippen LogP contribution in [0.3, 0.4) is 0 Å². The van der Waals surface area contributed by atoms with Gasteiger partial charge in [-0.1, -0.05) is 18.3 Å². The zero-order chi connectivity index (χ0) is 13.5. The van der Waals surface area contributed by atoms with Crippen LogP contribution in [0.25, 0.3) is 0 Å². The van der Waals surface area contributed by atoms with Gasteiger partial charge in [-0.25, -0.2) is 0 Å². The van der Waals surface area contributed by atoms with Crippen molar-refractivity contribution < 1.29 is 9.47 Å². The van der Waals surface area contributed by atoms with E-state index in [-0.39, 0.29) is 0 Å². The van der Waals surface area contributed by atoms with Crippen molar-refractivity contribution >= 4 is 0 Å². The van der Waals surface area contributed by atoms with E-state index in [1.54, 1.807) is 7.11 Å². The second-order valence-corrected chi connectivity index (χ2v) is 4.75. The molecule has 0 bridgehead atoms. The van der Waals surface area contributed by atoms with Gasteiger partial charge in [0.05, 0.1) is 25.3 Å². The highest BCUT2D eigenvalue weighted by Crippen LogP contribution is 2.28. The molecule has 1 aromatic carbocycles. The Labute approximate surface area is 115 Å². The summed E-state index contributed by atoms with van der Waals surface area (Å²) in [5.41, 5.74) is 6.29. The van der Waals surface area contributed by atoms with E-state index >= 15 is 0 Å². The number of benzene rings is 1. The van der Waals surface area contributed by atoms with E-state index in [0.717, 1.165) is 29.9 Å². The molecule has 0 atom stereocenters. The fraction of sp³-hybridized carbons (Fsp3) is 0.500. The quantitative estimate of drug-likeness (QED) is 0.849. The van der Waals surface area contributed by atoms with Crippen molar-refractivity contribution in [2.45, 2.75) is 38.2 Å². The van der Waals surface area contributed by atoms with Crippen molar-refractivity contribution in [2.75, 3.05) is 13.7 Å². The lowest BCUT2D eigenvalue weighted by Crippen LogP contribution is -2.20. The molecule has 1 aliphatic carbocycles. The molecule has 102 valence electrons. The van der Waals surface area contributed by atoms with Crippen molar-refractivity contribution in [3.8, 4) is 23.3 Å². The van der Waals surface area contributed by atoms with Crippen molar-refractivity contribution in [1.82, 2.24) is 0 Å². The Balaban J connectivity index is 2.17. The van der Waals surface area contributed by atoms with Gasteiger partial charge in [0.15, 0.2) is 0 Å². The summed E-state index contributed by atoms with van der Waals surface area (Å²) in [5, 5.41) is 0. The monoisotopic (exact) mass is 259 g/mol. The van der Waals surface area contributed by atoms with Crippen LogP contribution in [0.2, 0.25) is 0 Å². The van der Waals surface area contributed by atoms with Crippen molar-refractivity contribution in [3.63, 3.8) is 0 Å². The maximum absolute atomic E-state index is 6.08. The summed E-state index contributed by atoms with van der Waals surface area (Å²) in [5.74, 6) is 7.56. The minimum absolute atomic E-state index is 0.320. The average Bonchev–Trinajstić information content (AvgIpc) is 2.47. The van der Waals surface area contributed by atoms with Crippen LogP contribution in [0.4, 0.5) is 0 Å². The Morgan fingerprint density at radius 2 is 2.05 bits per heavy atom. The first-order valence-electron chi connectivity index (χ1n) is 6.87.